The van der Waals surface area contributed by atoms with Crippen molar-refractivity contribution in [2.75, 3.05) is 0 Å². The highest BCUT2D eigenvalue weighted by Crippen LogP contribution is 2.33. The molecule has 0 saturated carbocycles. The van der Waals surface area contributed by atoms with Gasteiger partial charge in [-0.05, 0) is 19.3 Å². The van der Waals surface area contributed by atoms with Gasteiger partial charge in [0.25, 0.3) is 0 Å². The smallest absolute Gasteiger partial charge is 0.135 e. The molecule has 15 heavy (non-hydrogen) atoms. The van der Waals surface area contributed by atoms with Crippen LogP contribution in [0.25, 0.3) is 0 Å². The van der Waals surface area contributed by atoms with Crippen LogP contribution in [0.3, 0.4) is 0 Å². The van der Waals surface area contributed by atoms with E-state index in [2.05, 4.69) is 37.7 Å². The SMILES string of the molecule is Cc1nc(C(C)C(C)(C)C)nc(Cl)c1C. The molecule has 1 aromatic heterocycles. The maximum Gasteiger partial charge on any atom is 0.135 e. The summed E-state index contributed by atoms with van der Waals surface area (Å²) in [7, 11) is 0. The molecular formula is C12H19ClN2. The summed E-state index contributed by atoms with van der Waals surface area (Å²) in [6.45, 7) is 12.6. The Morgan fingerprint density at radius 2 is 1.67 bits per heavy atom. The predicted molar refractivity (Wildman–Crippen MR) is 64.4 cm³/mol. The summed E-state index contributed by atoms with van der Waals surface area (Å²) in [6, 6.07) is 0. The molecule has 0 spiro atoms. The van der Waals surface area contributed by atoms with Gasteiger partial charge in [-0.25, -0.2) is 9.97 Å². The van der Waals surface area contributed by atoms with E-state index in [0.717, 1.165) is 17.1 Å². The molecule has 1 aromatic rings. The quantitative estimate of drug-likeness (QED) is 0.679. The molecule has 1 rings (SSSR count). The summed E-state index contributed by atoms with van der Waals surface area (Å²) in [5.41, 5.74) is 2.10. The van der Waals surface area contributed by atoms with Crippen LogP contribution in [0.5, 0.6) is 0 Å². The monoisotopic (exact) mass is 226 g/mol. The second kappa shape index (κ2) is 4.09. The minimum atomic E-state index is 0.158. The van der Waals surface area contributed by atoms with Crippen LogP contribution in [0.2, 0.25) is 5.15 Å². The van der Waals surface area contributed by atoms with Crippen molar-refractivity contribution in [2.24, 2.45) is 5.41 Å². The van der Waals surface area contributed by atoms with Crippen LogP contribution in [-0.2, 0) is 0 Å². The Morgan fingerprint density at radius 3 is 2.07 bits per heavy atom. The van der Waals surface area contributed by atoms with Gasteiger partial charge in [-0.3, -0.25) is 0 Å². The molecule has 0 bridgehead atoms. The lowest BCUT2D eigenvalue weighted by atomic mass is 9.81. The molecule has 0 saturated heterocycles. The molecule has 0 aromatic carbocycles. The summed E-state index contributed by atoms with van der Waals surface area (Å²) in [4.78, 5) is 8.86. The summed E-state index contributed by atoms with van der Waals surface area (Å²) >= 11 is 6.06. The van der Waals surface area contributed by atoms with Crippen LogP contribution in [0.15, 0.2) is 0 Å². The lowest BCUT2D eigenvalue weighted by Crippen LogP contribution is -2.18. The number of hydrogen-bond donors (Lipinski definition) is 0. The Balaban J connectivity index is 3.17. The Kier molecular flexibility index (Phi) is 3.39. The molecule has 84 valence electrons. The van der Waals surface area contributed by atoms with Crippen molar-refractivity contribution in [3.63, 3.8) is 0 Å². The van der Waals surface area contributed by atoms with Crippen LogP contribution >= 0.6 is 11.6 Å². The number of aromatic nitrogens is 2. The third-order valence-electron chi connectivity index (χ3n) is 3.03. The van der Waals surface area contributed by atoms with E-state index >= 15 is 0 Å². The van der Waals surface area contributed by atoms with Crippen molar-refractivity contribution in [1.82, 2.24) is 9.97 Å². The molecule has 3 heteroatoms. The van der Waals surface area contributed by atoms with Gasteiger partial charge in [0.15, 0.2) is 0 Å². The van der Waals surface area contributed by atoms with Gasteiger partial charge in [-0.1, -0.05) is 39.3 Å². The summed E-state index contributed by atoms with van der Waals surface area (Å²) in [5, 5.41) is 0.577. The zero-order valence-electron chi connectivity index (χ0n) is 10.3. The van der Waals surface area contributed by atoms with Crippen molar-refractivity contribution in [3.8, 4) is 0 Å². The normalized spacial score (nSPS) is 14.1. The van der Waals surface area contributed by atoms with Gasteiger partial charge < -0.3 is 0 Å². The highest BCUT2D eigenvalue weighted by atomic mass is 35.5. The van der Waals surface area contributed by atoms with E-state index in [1.165, 1.54) is 0 Å². The topological polar surface area (TPSA) is 25.8 Å². The number of halogens is 1. The Bertz CT molecular complexity index is 343. The van der Waals surface area contributed by atoms with E-state index in [-0.39, 0.29) is 5.41 Å². The Morgan fingerprint density at radius 1 is 1.13 bits per heavy atom. The van der Waals surface area contributed by atoms with E-state index < -0.39 is 0 Å². The van der Waals surface area contributed by atoms with Crippen LogP contribution in [0, 0.1) is 19.3 Å². The molecule has 0 amide bonds. The first-order valence-corrected chi connectivity index (χ1v) is 5.62. The third kappa shape index (κ3) is 2.69. The molecule has 1 unspecified atom stereocenters. The highest BCUT2D eigenvalue weighted by molar-refractivity contribution is 6.30. The van der Waals surface area contributed by atoms with Crippen molar-refractivity contribution in [2.45, 2.75) is 47.5 Å². The van der Waals surface area contributed by atoms with Gasteiger partial charge in [-0.2, -0.15) is 0 Å². The standard InChI is InChI=1S/C12H19ClN2/c1-7-9(3)14-11(15-10(7)13)8(2)12(4,5)6/h8H,1-6H3. The maximum absolute atomic E-state index is 6.06. The van der Waals surface area contributed by atoms with Gasteiger partial charge in [0.1, 0.15) is 11.0 Å². The van der Waals surface area contributed by atoms with Crippen LogP contribution in [0.1, 0.15) is 50.7 Å². The van der Waals surface area contributed by atoms with E-state index in [1.807, 2.05) is 13.8 Å². The van der Waals surface area contributed by atoms with E-state index in [0.29, 0.717) is 11.1 Å². The zero-order valence-corrected chi connectivity index (χ0v) is 11.1. The molecule has 1 heterocycles. The number of nitrogens with zero attached hydrogens (tertiary/aromatic N) is 2. The van der Waals surface area contributed by atoms with Crippen LogP contribution < -0.4 is 0 Å². The molecule has 0 radical (unpaired) electrons. The van der Waals surface area contributed by atoms with E-state index in [9.17, 15) is 0 Å². The van der Waals surface area contributed by atoms with Gasteiger partial charge in [0, 0.05) is 17.2 Å². The Labute approximate surface area is 97.1 Å². The summed E-state index contributed by atoms with van der Waals surface area (Å²) in [6.07, 6.45) is 0. The first-order chi connectivity index (χ1) is 6.73. The van der Waals surface area contributed by atoms with Gasteiger partial charge in [-0.15, -0.1) is 0 Å². The third-order valence-corrected chi connectivity index (χ3v) is 3.40. The fraction of sp³-hybridized carbons (Fsp3) is 0.667. The summed E-state index contributed by atoms with van der Waals surface area (Å²) < 4.78 is 0. The fourth-order valence-electron chi connectivity index (χ4n) is 1.20. The highest BCUT2D eigenvalue weighted by Gasteiger charge is 2.25. The zero-order chi connectivity index (χ0) is 11.8. The molecule has 0 aliphatic rings. The minimum Gasteiger partial charge on any atom is -0.238 e. The molecule has 1 atom stereocenters. The molecule has 0 fully saturated rings. The second-order valence-corrected chi connectivity index (χ2v) is 5.53. The van der Waals surface area contributed by atoms with E-state index in [4.69, 9.17) is 11.6 Å². The second-order valence-electron chi connectivity index (χ2n) is 5.17. The maximum atomic E-state index is 6.06. The van der Waals surface area contributed by atoms with Gasteiger partial charge in [0.05, 0.1) is 0 Å². The van der Waals surface area contributed by atoms with Crippen molar-refractivity contribution >= 4 is 11.6 Å². The number of hydrogen-bond acceptors (Lipinski definition) is 2. The molecule has 0 aliphatic carbocycles. The fourth-order valence-corrected chi connectivity index (χ4v) is 1.42. The van der Waals surface area contributed by atoms with Crippen LogP contribution in [0.4, 0.5) is 0 Å². The van der Waals surface area contributed by atoms with Gasteiger partial charge in [0.2, 0.25) is 0 Å². The lowest BCUT2D eigenvalue weighted by molar-refractivity contribution is 0.327. The number of rotatable bonds is 1. The van der Waals surface area contributed by atoms with Crippen LogP contribution in [-0.4, -0.2) is 9.97 Å². The molecule has 2 nitrogen and oxygen atoms in total. The molecule has 0 aliphatic heterocycles. The van der Waals surface area contributed by atoms with Crippen molar-refractivity contribution in [1.29, 1.82) is 0 Å². The average Bonchev–Trinajstić information content (AvgIpc) is 2.10. The largest absolute Gasteiger partial charge is 0.238 e. The average molecular weight is 227 g/mol. The first kappa shape index (κ1) is 12.4. The predicted octanol–water partition coefficient (Wildman–Crippen LogP) is 3.90. The van der Waals surface area contributed by atoms with E-state index in [1.54, 1.807) is 0 Å². The Hall–Kier alpha value is -0.630. The molecular weight excluding hydrogens is 208 g/mol. The molecule has 0 N–H and O–H groups in total. The van der Waals surface area contributed by atoms with Crippen molar-refractivity contribution < 1.29 is 0 Å². The summed E-state index contributed by atoms with van der Waals surface area (Å²) in [5.74, 6) is 1.14. The number of aryl methyl sites for hydroxylation is 1. The first-order valence-electron chi connectivity index (χ1n) is 5.24. The minimum absolute atomic E-state index is 0.158. The lowest BCUT2D eigenvalue weighted by Gasteiger charge is -2.26. The van der Waals surface area contributed by atoms with Gasteiger partial charge >= 0.3 is 0 Å². The van der Waals surface area contributed by atoms with Crippen molar-refractivity contribution in [3.05, 3.63) is 22.2 Å².